The largest absolute Gasteiger partial charge is 0.343 e. The van der Waals surface area contributed by atoms with Crippen molar-refractivity contribution in [1.82, 2.24) is 5.32 Å². The highest BCUT2D eigenvalue weighted by molar-refractivity contribution is 7.89. The lowest BCUT2D eigenvalue weighted by molar-refractivity contribution is -0.384. The molecule has 0 atom stereocenters. The third-order valence-corrected chi connectivity index (χ3v) is 4.09. The van der Waals surface area contributed by atoms with Crippen molar-refractivity contribution in [2.45, 2.75) is 4.90 Å². The predicted octanol–water partition coefficient (Wildman–Crippen LogP) is 0.611. The molecule has 136 valence electrons. The van der Waals surface area contributed by atoms with Gasteiger partial charge in [-0.3, -0.25) is 19.7 Å². The van der Waals surface area contributed by atoms with Crippen LogP contribution >= 0.6 is 0 Å². The van der Waals surface area contributed by atoms with Crippen LogP contribution in [0.1, 0.15) is 10.4 Å². The van der Waals surface area contributed by atoms with E-state index in [0.717, 1.165) is 6.07 Å². The van der Waals surface area contributed by atoms with Gasteiger partial charge in [-0.25, -0.2) is 13.6 Å². The lowest BCUT2D eigenvalue weighted by Crippen LogP contribution is -2.32. The average molecular weight is 378 g/mol. The minimum atomic E-state index is -3.91. The zero-order valence-corrected chi connectivity index (χ0v) is 14.0. The van der Waals surface area contributed by atoms with Crippen molar-refractivity contribution < 1.29 is 22.9 Å². The lowest BCUT2D eigenvalue weighted by atomic mass is 10.2. The van der Waals surface area contributed by atoms with Crippen LogP contribution in [0.25, 0.3) is 0 Å². The highest BCUT2D eigenvalue weighted by Gasteiger charge is 2.13. The van der Waals surface area contributed by atoms with Crippen LogP contribution in [0.15, 0.2) is 53.4 Å². The Kier molecular flexibility index (Phi) is 5.64. The summed E-state index contributed by atoms with van der Waals surface area (Å²) in [5.41, 5.74) is -0.0312. The highest BCUT2D eigenvalue weighted by Crippen LogP contribution is 2.14. The van der Waals surface area contributed by atoms with Crippen molar-refractivity contribution in [2.24, 2.45) is 5.14 Å². The van der Waals surface area contributed by atoms with Gasteiger partial charge in [-0.1, -0.05) is 12.1 Å². The minimum Gasteiger partial charge on any atom is -0.343 e. The summed E-state index contributed by atoms with van der Waals surface area (Å²) in [5.74, 6) is -1.28. The van der Waals surface area contributed by atoms with E-state index in [1.54, 1.807) is 0 Å². The zero-order chi connectivity index (χ0) is 19.3. The smallest absolute Gasteiger partial charge is 0.270 e. The number of nitrogens with one attached hydrogen (secondary N) is 2. The summed E-state index contributed by atoms with van der Waals surface area (Å²) in [6.45, 7) is -0.416. The van der Waals surface area contributed by atoms with Gasteiger partial charge in [0.1, 0.15) is 0 Å². The third-order valence-electron chi connectivity index (χ3n) is 3.17. The molecule has 2 rings (SSSR count). The molecule has 0 saturated carbocycles. The molecule has 26 heavy (non-hydrogen) atoms. The molecule has 0 spiro atoms. The molecule has 0 bridgehead atoms. The summed E-state index contributed by atoms with van der Waals surface area (Å²) < 4.78 is 22.6. The molecule has 0 aliphatic rings. The van der Waals surface area contributed by atoms with E-state index in [9.17, 15) is 28.1 Å². The SMILES string of the molecule is NS(=O)(=O)c1cccc(NC(=O)CNC(=O)c2cccc([N+](=O)[O-])c2)c1. The maximum absolute atomic E-state index is 12.0. The number of nitrogens with two attached hydrogens (primary N) is 1. The van der Waals surface area contributed by atoms with Crippen LogP contribution in [-0.4, -0.2) is 31.7 Å². The molecular weight excluding hydrogens is 364 g/mol. The molecule has 4 N–H and O–H groups in total. The van der Waals surface area contributed by atoms with E-state index >= 15 is 0 Å². The first-order chi connectivity index (χ1) is 12.2. The Hall–Kier alpha value is -3.31. The number of non-ortho nitro benzene ring substituents is 1. The van der Waals surface area contributed by atoms with Crippen LogP contribution in [0.4, 0.5) is 11.4 Å². The summed E-state index contributed by atoms with van der Waals surface area (Å²) in [4.78, 5) is 33.7. The van der Waals surface area contributed by atoms with Gasteiger partial charge in [0.25, 0.3) is 11.6 Å². The number of sulfonamides is 1. The second-order valence-electron chi connectivity index (χ2n) is 5.11. The van der Waals surface area contributed by atoms with E-state index in [1.807, 2.05) is 0 Å². The van der Waals surface area contributed by atoms with Gasteiger partial charge < -0.3 is 10.6 Å². The van der Waals surface area contributed by atoms with Crippen LogP contribution < -0.4 is 15.8 Å². The number of rotatable bonds is 6. The van der Waals surface area contributed by atoms with Crippen molar-refractivity contribution in [3.8, 4) is 0 Å². The predicted molar refractivity (Wildman–Crippen MR) is 91.9 cm³/mol. The summed E-state index contributed by atoms with van der Waals surface area (Å²) in [6, 6.07) is 10.4. The van der Waals surface area contributed by atoms with Crippen LogP contribution in [-0.2, 0) is 14.8 Å². The Morgan fingerprint density at radius 2 is 1.81 bits per heavy atom. The van der Waals surface area contributed by atoms with Crippen molar-refractivity contribution in [2.75, 3.05) is 11.9 Å². The molecule has 0 fully saturated rings. The van der Waals surface area contributed by atoms with E-state index < -0.39 is 33.3 Å². The molecule has 10 nitrogen and oxygen atoms in total. The van der Waals surface area contributed by atoms with E-state index in [0.29, 0.717) is 0 Å². The fourth-order valence-corrected chi connectivity index (χ4v) is 2.54. The number of benzene rings is 2. The fraction of sp³-hybridized carbons (Fsp3) is 0.0667. The molecule has 0 aliphatic carbocycles. The van der Waals surface area contributed by atoms with E-state index in [2.05, 4.69) is 10.6 Å². The minimum absolute atomic E-state index is 0.0308. The number of hydrogen-bond donors (Lipinski definition) is 3. The first-order valence-electron chi connectivity index (χ1n) is 7.12. The zero-order valence-electron chi connectivity index (χ0n) is 13.2. The Bertz CT molecular complexity index is 974. The van der Waals surface area contributed by atoms with Gasteiger partial charge in [0.05, 0.1) is 16.4 Å². The number of nitro benzene ring substituents is 1. The first-order valence-corrected chi connectivity index (χ1v) is 8.67. The van der Waals surface area contributed by atoms with Crippen LogP contribution in [0, 0.1) is 10.1 Å². The van der Waals surface area contributed by atoms with Crippen LogP contribution in [0.5, 0.6) is 0 Å². The highest BCUT2D eigenvalue weighted by atomic mass is 32.2. The molecule has 0 aromatic heterocycles. The fourth-order valence-electron chi connectivity index (χ4n) is 1.98. The average Bonchev–Trinajstić information content (AvgIpc) is 2.59. The second kappa shape index (κ2) is 7.72. The van der Waals surface area contributed by atoms with Crippen molar-refractivity contribution in [3.05, 3.63) is 64.2 Å². The van der Waals surface area contributed by atoms with Gasteiger partial charge in [0.15, 0.2) is 0 Å². The maximum Gasteiger partial charge on any atom is 0.270 e. The van der Waals surface area contributed by atoms with Crippen LogP contribution in [0.3, 0.4) is 0 Å². The second-order valence-corrected chi connectivity index (χ2v) is 6.67. The number of carbonyl (C=O) groups is 2. The summed E-state index contributed by atoms with van der Waals surface area (Å²) in [6.07, 6.45) is 0. The Labute approximate surface area is 148 Å². The number of hydrogen-bond acceptors (Lipinski definition) is 6. The molecule has 0 heterocycles. The standard InChI is InChI=1S/C15H14N4O6S/c16-26(24,25)13-6-2-4-11(8-13)18-14(20)9-17-15(21)10-3-1-5-12(7-10)19(22)23/h1-8H,9H2,(H,17,21)(H,18,20)(H2,16,24,25). The molecular formula is C15H14N4O6S. The molecule has 11 heteroatoms. The number of carbonyl (C=O) groups excluding carboxylic acids is 2. The van der Waals surface area contributed by atoms with Crippen molar-refractivity contribution in [3.63, 3.8) is 0 Å². The monoisotopic (exact) mass is 378 g/mol. The normalized spacial score (nSPS) is 10.8. The van der Waals surface area contributed by atoms with E-state index in [4.69, 9.17) is 5.14 Å². The number of anilines is 1. The van der Waals surface area contributed by atoms with E-state index in [-0.39, 0.29) is 21.8 Å². The van der Waals surface area contributed by atoms with Gasteiger partial charge in [-0.05, 0) is 24.3 Å². The molecule has 0 aliphatic heterocycles. The Morgan fingerprint density at radius 1 is 1.12 bits per heavy atom. The molecule has 0 unspecified atom stereocenters. The Morgan fingerprint density at radius 3 is 2.46 bits per heavy atom. The van der Waals surface area contributed by atoms with Gasteiger partial charge in [0.2, 0.25) is 15.9 Å². The van der Waals surface area contributed by atoms with Crippen molar-refractivity contribution >= 4 is 33.2 Å². The summed E-state index contributed by atoms with van der Waals surface area (Å²) in [7, 11) is -3.91. The number of nitrogens with zero attached hydrogens (tertiary/aromatic N) is 1. The molecule has 2 aromatic carbocycles. The number of nitro groups is 1. The lowest BCUT2D eigenvalue weighted by Gasteiger charge is -2.08. The topological polar surface area (TPSA) is 162 Å². The molecule has 0 radical (unpaired) electrons. The van der Waals surface area contributed by atoms with Crippen molar-refractivity contribution in [1.29, 1.82) is 0 Å². The summed E-state index contributed by atoms with van der Waals surface area (Å²) in [5, 5.41) is 20.4. The van der Waals surface area contributed by atoms with Gasteiger partial charge in [-0.15, -0.1) is 0 Å². The Balaban J connectivity index is 1.98. The number of amides is 2. The maximum atomic E-state index is 12.0. The van der Waals surface area contributed by atoms with Gasteiger partial charge in [-0.2, -0.15) is 0 Å². The van der Waals surface area contributed by atoms with Gasteiger partial charge in [0, 0.05) is 23.4 Å². The molecule has 2 aromatic rings. The quantitative estimate of drug-likeness (QED) is 0.493. The first kappa shape index (κ1) is 19.0. The summed E-state index contributed by atoms with van der Waals surface area (Å²) >= 11 is 0. The van der Waals surface area contributed by atoms with Gasteiger partial charge >= 0.3 is 0 Å². The molecule has 0 saturated heterocycles. The van der Waals surface area contributed by atoms with E-state index in [1.165, 1.54) is 42.5 Å². The molecule has 2 amide bonds. The van der Waals surface area contributed by atoms with Crippen LogP contribution in [0.2, 0.25) is 0 Å². The number of primary sulfonamides is 1. The third kappa shape index (κ3) is 5.09.